The maximum atomic E-state index is 5.96. The van der Waals surface area contributed by atoms with Crippen LogP contribution < -0.4 is 10.8 Å². The number of hydrogen-bond donors (Lipinski definition) is 2. The zero-order valence-electron chi connectivity index (χ0n) is 14.7. The summed E-state index contributed by atoms with van der Waals surface area (Å²) in [7, 11) is -0.836. The minimum Gasteiger partial charge on any atom is -0.382 e. The number of hydrogen-bond acceptors (Lipinski definition) is 7. The van der Waals surface area contributed by atoms with Crippen LogP contribution in [0.4, 0.5) is 5.82 Å². The summed E-state index contributed by atoms with van der Waals surface area (Å²) < 4.78 is 13.7. The molecule has 0 fully saturated rings. The van der Waals surface area contributed by atoms with Crippen molar-refractivity contribution in [3.05, 3.63) is 48.5 Å². The largest absolute Gasteiger partial charge is 0.382 e. The van der Waals surface area contributed by atoms with Gasteiger partial charge in [-0.3, -0.25) is 5.09 Å². The van der Waals surface area contributed by atoms with Crippen LogP contribution in [-0.2, 0) is 22.4 Å². The summed E-state index contributed by atoms with van der Waals surface area (Å²) in [4.78, 5) is 12.4. The van der Waals surface area contributed by atoms with Crippen LogP contribution in [0.25, 0.3) is 11.2 Å². The van der Waals surface area contributed by atoms with E-state index in [0.29, 0.717) is 37.4 Å². The van der Waals surface area contributed by atoms with Crippen molar-refractivity contribution >= 4 is 25.3 Å². The van der Waals surface area contributed by atoms with Gasteiger partial charge in [0.05, 0.1) is 19.5 Å². The fourth-order valence-corrected chi connectivity index (χ4v) is 3.61. The van der Waals surface area contributed by atoms with E-state index in [0.717, 1.165) is 17.8 Å². The maximum absolute atomic E-state index is 5.96. The van der Waals surface area contributed by atoms with Crippen LogP contribution in [0.15, 0.2) is 43.0 Å². The number of nitrogens with one attached hydrogen (secondary N) is 1. The van der Waals surface area contributed by atoms with E-state index >= 15 is 0 Å². The van der Waals surface area contributed by atoms with Gasteiger partial charge in [0.2, 0.25) is 0 Å². The van der Waals surface area contributed by atoms with Gasteiger partial charge in [-0.25, -0.2) is 15.0 Å². The van der Waals surface area contributed by atoms with Gasteiger partial charge in [0, 0.05) is 6.54 Å². The molecule has 0 aliphatic heterocycles. The Morgan fingerprint density at radius 3 is 2.85 bits per heavy atom. The van der Waals surface area contributed by atoms with Crippen molar-refractivity contribution in [2.75, 3.05) is 25.2 Å². The molecule has 0 aliphatic carbocycles. The lowest BCUT2D eigenvalue weighted by Crippen LogP contribution is -2.13. The zero-order valence-corrected chi connectivity index (χ0v) is 15.6. The Bertz CT molecular complexity index is 813. The number of anilines is 1. The molecule has 1 aromatic carbocycles. The molecule has 2 heterocycles. The van der Waals surface area contributed by atoms with Gasteiger partial charge >= 0.3 is 0 Å². The molecule has 3 aromatic rings. The Kier molecular flexibility index (Phi) is 6.85. The lowest BCUT2D eigenvalue weighted by atomic mass is 10.2. The molecule has 0 bridgehead atoms. The molecule has 8 nitrogen and oxygen atoms in total. The smallest absolute Gasteiger partial charge is 0.165 e. The summed E-state index contributed by atoms with van der Waals surface area (Å²) in [5.74, 6) is 0.389. The number of aromatic nitrogens is 4. The van der Waals surface area contributed by atoms with E-state index in [-0.39, 0.29) is 0 Å². The van der Waals surface area contributed by atoms with Crippen LogP contribution in [0.3, 0.4) is 0 Å². The first-order valence-electron chi connectivity index (χ1n) is 8.45. The lowest BCUT2D eigenvalue weighted by Gasteiger charge is -2.18. The second kappa shape index (κ2) is 9.54. The molecular weight excluding hydrogens is 351 g/mol. The van der Waals surface area contributed by atoms with Gasteiger partial charge in [0.1, 0.15) is 26.5 Å². The normalized spacial score (nSPS) is 12.5. The van der Waals surface area contributed by atoms with Crippen molar-refractivity contribution in [2.45, 2.75) is 20.1 Å². The van der Waals surface area contributed by atoms with Crippen LogP contribution >= 0.6 is 8.30 Å². The Balaban J connectivity index is 1.46. The zero-order chi connectivity index (χ0) is 18.2. The molecule has 26 heavy (non-hydrogen) atoms. The minimum absolute atomic E-state index is 0.389. The SMILES string of the molecule is CCNP(COCCn1cnc2c(N)ncnc21)OCc1ccccc1. The van der Waals surface area contributed by atoms with Crippen LogP contribution in [0.1, 0.15) is 12.5 Å². The molecule has 1 atom stereocenters. The number of nitrogens with zero attached hydrogens (tertiary/aromatic N) is 4. The first-order valence-corrected chi connectivity index (χ1v) is 9.89. The highest BCUT2D eigenvalue weighted by molar-refractivity contribution is 7.50. The molecular formula is C17H23N6O2P. The molecule has 0 aliphatic rings. The predicted octanol–water partition coefficient (Wildman–Crippen LogP) is 2.52. The number of rotatable bonds is 10. The molecule has 3 rings (SSSR count). The molecule has 138 valence electrons. The predicted molar refractivity (Wildman–Crippen MR) is 102 cm³/mol. The Hall–Kier alpha value is -2.12. The summed E-state index contributed by atoms with van der Waals surface area (Å²) in [6, 6.07) is 10.1. The van der Waals surface area contributed by atoms with E-state index in [1.165, 1.54) is 6.33 Å². The average Bonchev–Trinajstić information content (AvgIpc) is 3.08. The molecule has 2 aromatic heterocycles. The minimum atomic E-state index is -0.836. The molecule has 0 spiro atoms. The van der Waals surface area contributed by atoms with E-state index in [4.69, 9.17) is 15.0 Å². The quantitative estimate of drug-likeness (QED) is 0.415. The van der Waals surface area contributed by atoms with Gasteiger partial charge in [-0.15, -0.1) is 0 Å². The van der Waals surface area contributed by atoms with Crippen molar-refractivity contribution < 1.29 is 9.26 Å². The fraction of sp³-hybridized carbons (Fsp3) is 0.353. The fourth-order valence-electron chi connectivity index (χ4n) is 2.40. The Labute approximate surface area is 153 Å². The van der Waals surface area contributed by atoms with Crippen molar-refractivity contribution in [2.24, 2.45) is 0 Å². The van der Waals surface area contributed by atoms with E-state index in [2.05, 4.69) is 39.1 Å². The molecule has 9 heteroatoms. The third-order valence-corrected chi connectivity index (χ3v) is 5.21. The molecule has 3 N–H and O–H groups in total. The molecule has 0 saturated carbocycles. The van der Waals surface area contributed by atoms with Gasteiger partial charge in [-0.05, 0) is 12.1 Å². The van der Waals surface area contributed by atoms with Crippen molar-refractivity contribution in [3.63, 3.8) is 0 Å². The first kappa shape index (κ1) is 18.7. The number of nitrogen functional groups attached to an aromatic ring is 1. The molecule has 0 saturated heterocycles. The van der Waals surface area contributed by atoms with Crippen molar-refractivity contribution in [3.8, 4) is 0 Å². The summed E-state index contributed by atoms with van der Waals surface area (Å²) in [6.07, 6.45) is 3.68. The number of imidazole rings is 1. The van der Waals surface area contributed by atoms with Crippen molar-refractivity contribution in [1.82, 2.24) is 24.6 Å². The second-order valence-corrected chi connectivity index (χ2v) is 7.15. The van der Waals surface area contributed by atoms with Crippen LogP contribution in [0.2, 0.25) is 0 Å². The number of fused-ring (bicyclic) bond motifs is 1. The van der Waals surface area contributed by atoms with Gasteiger partial charge in [-0.1, -0.05) is 37.3 Å². The van der Waals surface area contributed by atoms with E-state index in [9.17, 15) is 0 Å². The summed E-state index contributed by atoms with van der Waals surface area (Å²) in [5, 5.41) is 3.34. The third-order valence-electron chi connectivity index (χ3n) is 3.68. The molecule has 0 radical (unpaired) electrons. The highest BCUT2D eigenvalue weighted by atomic mass is 31.2. The van der Waals surface area contributed by atoms with E-state index in [1.54, 1.807) is 6.33 Å². The lowest BCUT2D eigenvalue weighted by molar-refractivity contribution is 0.159. The number of ether oxygens (including phenoxy) is 1. The summed E-state index contributed by atoms with van der Waals surface area (Å²) in [6.45, 7) is 4.65. The van der Waals surface area contributed by atoms with Gasteiger partial charge in [0.25, 0.3) is 0 Å². The van der Waals surface area contributed by atoms with Gasteiger partial charge in [0.15, 0.2) is 11.5 Å². The maximum Gasteiger partial charge on any atom is 0.165 e. The van der Waals surface area contributed by atoms with E-state index in [1.807, 2.05) is 22.8 Å². The number of benzene rings is 1. The Morgan fingerprint density at radius 1 is 1.19 bits per heavy atom. The van der Waals surface area contributed by atoms with Gasteiger partial charge < -0.3 is 19.6 Å². The topological polar surface area (TPSA) is 100 Å². The second-order valence-electron chi connectivity index (χ2n) is 5.56. The Morgan fingerprint density at radius 2 is 2.04 bits per heavy atom. The highest BCUT2D eigenvalue weighted by Gasteiger charge is 2.10. The average molecular weight is 374 g/mol. The molecule has 1 unspecified atom stereocenters. The van der Waals surface area contributed by atoms with Crippen molar-refractivity contribution in [1.29, 1.82) is 0 Å². The van der Waals surface area contributed by atoms with E-state index < -0.39 is 8.30 Å². The molecule has 0 amide bonds. The monoisotopic (exact) mass is 374 g/mol. The standard InChI is InChI=1S/C17H23N6O2P/c1-2-22-26(25-10-14-6-4-3-5-7-14)13-24-9-8-23-12-21-15-16(18)19-11-20-17(15)23/h3-7,11-12,22H,2,8-10,13H2,1H3,(H2,18,19,20). The van der Waals surface area contributed by atoms with Crippen LogP contribution in [0, 0.1) is 0 Å². The third kappa shape index (κ3) is 4.95. The van der Waals surface area contributed by atoms with Gasteiger partial charge in [-0.2, -0.15) is 0 Å². The summed E-state index contributed by atoms with van der Waals surface area (Å²) >= 11 is 0. The first-order chi connectivity index (χ1) is 12.8. The number of nitrogens with two attached hydrogens (primary N) is 1. The summed E-state index contributed by atoms with van der Waals surface area (Å²) in [5.41, 5.74) is 8.29. The van der Waals surface area contributed by atoms with Crippen LogP contribution in [-0.4, -0.2) is 39.0 Å². The highest BCUT2D eigenvalue weighted by Crippen LogP contribution is 2.32. The van der Waals surface area contributed by atoms with Crippen LogP contribution in [0.5, 0.6) is 0 Å².